The van der Waals surface area contributed by atoms with Crippen LogP contribution < -0.4 is 10.6 Å². The van der Waals surface area contributed by atoms with Crippen LogP contribution in [0.2, 0.25) is 0 Å². The topological polar surface area (TPSA) is 87.7 Å². The van der Waals surface area contributed by atoms with Crippen LogP contribution in [0.25, 0.3) is 0 Å². The third-order valence-corrected chi connectivity index (χ3v) is 6.17. The van der Waals surface area contributed by atoms with Gasteiger partial charge in [-0.1, -0.05) is 60.7 Å². The van der Waals surface area contributed by atoms with Crippen LogP contribution >= 0.6 is 0 Å². The van der Waals surface area contributed by atoms with Gasteiger partial charge in [0.2, 0.25) is 0 Å². The van der Waals surface area contributed by atoms with Crippen LogP contribution in [0.4, 0.5) is 20.6 Å². The van der Waals surface area contributed by atoms with E-state index in [2.05, 4.69) is 10.6 Å². The Labute approximate surface area is 218 Å². The van der Waals surface area contributed by atoms with Gasteiger partial charge in [0.05, 0.1) is 6.54 Å². The van der Waals surface area contributed by atoms with Crippen molar-refractivity contribution in [3.05, 3.63) is 132 Å². The zero-order valence-corrected chi connectivity index (χ0v) is 20.2. The number of hydrogen-bond donors (Lipinski definition) is 2. The van der Waals surface area contributed by atoms with Crippen LogP contribution in [0, 0.1) is 5.82 Å². The normalized spacial score (nSPS) is 16.6. The molecule has 1 fully saturated rings. The summed E-state index contributed by atoms with van der Waals surface area (Å²) in [6.45, 7) is 0.0485. The van der Waals surface area contributed by atoms with Crippen molar-refractivity contribution in [1.82, 2.24) is 4.90 Å². The van der Waals surface area contributed by atoms with Crippen LogP contribution in [0.1, 0.15) is 27.6 Å². The van der Waals surface area contributed by atoms with Gasteiger partial charge in [-0.15, -0.1) is 0 Å². The molecule has 4 aromatic carbocycles. The lowest BCUT2D eigenvalue weighted by atomic mass is 10.00. The van der Waals surface area contributed by atoms with Gasteiger partial charge in [-0.2, -0.15) is 0 Å². The van der Waals surface area contributed by atoms with Crippen LogP contribution in [-0.2, 0) is 16.1 Å². The molecule has 8 heteroatoms. The summed E-state index contributed by atoms with van der Waals surface area (Å²) in [6, 6.07) is 29.2. The van der Waals surface area contributed by atoms with Crippen molar-refractivity contribution in [1.29, 1.82) is 0 Å². The Balaban J connectivity index is 1.44. The number of halogens is 1. The minimum Gasteiger partial charge on any atom is -0.438 e. The van der Waals surface area contributed by atoms with E-state index in [4.69, 9.17) is 4.74 Å². The van der Waals surface area contributed by atoms with Crippen molar-refractivity contribution in [3.8, 4) is 0 Å². The van der Waals surface area contributed by atoms with Crippen LogP contribution in [-0.4, -0.2) is 28.8 Å². The number of benzene rings is 4. The molecule has 1 aliphatic rings. The van der Waals surface area contributed by atoms with E-state index in [1.54, 1.807) is 84.9 Å². The maximum Gasteiger partial charge on any atom is 0.411 e. The summed E-state index contributed by atoms with van der Waals surface area (Å²) in [4.78, 5) is 40.5. The van der Waals surface area contributed by atoms with E-state index >= 15 is 0 Å². The number of anilines is 2. The molecule has 5 rings (SSSR count). The van der Waals surface area contributed by atoms with E-state index < -0.39 is 30.0 Å². The minimum atomic E-state index is -1.02. The SMILES string of the molecule is O=C(Nc1cccc([C@@H]2OC(=O)N(Cc3ccc(F)cc3)[C@H]2C(=O)Nc2ccccc2)c1)c1ccccc1. The van der Waals surface area contributed by atoms with Gasteiger partial charge < -0.3 is 15.4 Å². The van der Waals surface area contributed by atoms with Gasteiger partial charge in [0.1, 0.15) is 5.82 Å². The molecule has 2 atom stereocenters. The van der Waals surface area contributed by atoms with Crippen molar-refractivity contribution in [2.45, 2.75) is 18.7 Å². The number of para-hydroxylation sites is 1. The number of hydrogen-bond acceptors (Lipinski definition) is 4. The molecule has 0 bridgehead atoms. The van der Waals surface area contributed by atoms with E-state index in [0.717, 1.165) is 0 Å². The minimum absolute atomic E-state index is 0.0485. The summed E-state index contributed by atoms with van der Waals surface area (Å²) in [5.41, 5.74) is 2.74. The summed E-state index contributed by atoms with van der Waals surface area (Å²) < 4.78 is 19.2. The monoisotopic (exact) mass is 509 g/mol. The lowest BCUT2D eigenvalue weighted by Gasteiger charge is -2.24. The first-order chi connectivity index (χ1) is 18.5. The maximum absolute atomic E-state index is 13.5. The summed E-state index contributed by atoms with van der Waals surface area (Å²) >= 11 is 0. The number of cyclic esters (lactones) is 1. The van der Waals surface area contributed by atoms with Crippen molar-refractivity contribution >= 4 is 29.3 Å². The zero-order chi connectivity index (χ0) is 26.5. The zero-order valence-electron chi connectivity index (χ0n) is 20.2. The molecule has 38 heavy (non-hydrogen) atoms. The van der Waals surface area contributed by atoms with Crippen LogP contribution in [0.15, 0.2) is 109 Å². The molecular formula is C30H24FN3O4. The van der Waals surface area contributed by atoms with Gasteiger partial charge in [0, 0.05) is 16.9 Å². The lowest BCUT2D eigenvalue weighted by Crippen LogP contribution is -2.43. The lowest BCUT2D eigenvalue weighted by molar-refractivity contribution is -0.121. The van der Waals surface area contributed by atoms with Crippen molar-refractivity contribution < 1.29 is 23.5 Å². The summed E-state index contributed by atoms with van der Waals surface area (Å²) in [5.74, 6) is -1.13. The van der Waals surface area contributed by atoms with Crippen molar-refractivity contribution in [2.24, 2.45) is 0 Å². The summed E-state index contributed by atoms with van der Waals surface area (Å²) in [7, 11) is 0. The number of ether oxygens (including phenoxy) is 1. The van der Waals surface area contributed by atoms with Crippen molar-refractivity contribution in [2.75, 3.05) is 10.6 Å². The number of carbonyl (C=O) groups excluding carboxylic acids is 3. The number of carbonyl (C=O) groups is 3. The first kappa shape index (κ1) is 24.7. The number of amides is 3. The Morgan fingerprint density at radius 1 is 0.789 bits per heavy atom. The highest BCUT2D eigenvalue weighted by Gasteiger charge is 2.47. The van der Waals surface area contributed by atoms with Crippen LogP contribution in [0.5, 0.6) is 0 Å². The molecule has 4 aromatic rings. The Kier molecular flexibility index (Phi) is 7.13. The van der Waals surface area contributed by atoms with E-state index in [-0.39, 0.29) is 12.5 Å². The first-order valence-corrected chi connectivity index (χ1v) is 12.0. The van der Waals surface area contributed by atoms with E-state index in [9.17, 15) is 18.8 Å². The number of nitrogens with zero attached hydrogens (tertiary/aromatic N) is 1. The van der Waals surface area contributed by atoms with Gasteiger partial charge in [-0.05, 0) is 59.7 Å². The molecule has 0 aliphatic carbocycles. The quantitative estimate of drug-likeness (QED) is 0.331. The molecule has 3 amide bonds. The largest absolute Gasteiger partial charge is 0.438 e. The number of nitrogens with one attached hydrogen (secondary N) is 2. The second-order valence-electron chi connectivity index (χ2n) is 8.80. The predicted molar refractivity (Wildman–Crippen MR) is 141 cm³/mol. The Morgan fingerprint density at radius 2 is 1.45 bits per heavy atom. The summed E-state index contributed by atoms with van der Waals surface area (Å²) in [5, 5.41) is 5.70. The highest BCUT2D eigenvalue weighted by molar-refractivity contribution is 6.04. The molecule has 0 radical (unpaired) electrons. The molecule has 2 N–H and O–H groups in total. The Hall–Kier alpha value is -4.98. The van der Waals surface area contributed by atoms with E-state index in [1.807, 2.05) is 12.1 Å². The average molecular weight is 510 g/mol. The molecule has 0 aromatic heterocycles. The standard InChI is InChI=1S/C30H24FN3O4/c31-23-16-14-20(15-17-23)19-34-26(29(36)32-24-11-5-2-6-12-24)27(38-30(34)37)22-10-7-13-25(18-22)33-28(35)21-8-3-1-4-9-21/h1-18,26-27H,19H2,(H,32,36)(H,33,35)/t26-,27+/m1/s1. The Morgan fingerprint density at radius 3 is 2.16 bits per heavy atom. The Bertz CT molecular complexity index is 1450. The molecule has 0 spiro atoms. The fourth-order valence-electron chi connectivity index (χ4n) is 4.32. The first-order valence-electron chi connectivity index (χ1n) is 12.0. The number of rotatable bonds is 7. The molecule has 1 aliphatic heterocycles. The molecular weight excluding hydrogens is 485 g/mol. The van der Waals surface area contributed by atoms with Crippen molar-refractivity contribution in [3.63, 3.8) is 0 Å². The highest BCUT2D eigenvalue weighted by Crippen LogP contribution is 2.35. The van der Waals surface area contributed by atoms with E-state index in [1.165, 1.54) is 17.0 Å². The predicted octanol–water partition coefficient (Wildman–Crippen LogP) is 5.78. The molecule has 0 saturated carbocycles. The average Bonchev–Trinajstić information content (AvgIpc) is 3.27. The molecule has 0 unspecified atom stereocenters. The van der Waals surface area contributed by atoms with Gasteiger partial charge in [-0.25, -0.2) is 9.18 Å². The third kappa shape index (κ3) is 5.54. The molecule has 190 valence electrons. The third-order valence-electron chi connectivity index (χ3n) is 6.17. The second kappa shape index (κ2) is 11.0. The van der Waals surface area contributed by atoms with Gasteiger partial charge in [0.15, 0.2) is 12.1 Å². The van der Waals surface area contributed by atoms with Crippen LogP contribution in [0.3, 0.4) is 0 Å². The second-order valence-corrected chi connectivity index (χ2v) is 8.80. The summed E-state index contributed by atoms with van der Waals surface area (Å²) in [6.07, 6.45) is -1.62. The van der Waals surface area contributed by atoms with Gasteiger partial charge in [0.25, 0.3) is 11.8 Å². The van der Waals surface area contributed by atoms with Gasteiger partial charge in [-0.3, -0.25) is 14.5 Å². The fraction of sp³-hybridized carbons (Fsp3) is 0.100. The van der Waals surface area contributed by atoms with Gasteiger partial charge >= 0.3 is 6.09 Å². The smallest absolute Gasteiger partial charge is 0.411 e. The molecule has 1 saturated heterocycles. The fourth-order valence-corrected chi connectivity index (χ4v) is 4.32. The highest BCUT2D eigenvalue weighted by atomic mass is 19.1. The molecule has 1 heterocycles. The molecule has 7 nitrogen and oxygen atoms in total. The maximum atomic E-state index is 13.5. The van der Waals surface area contributed by atoms with E-state index in [0.29, 0.717) is 28.1 Å².